The zero-order chi connectivity index (χ0) is 34.7. The number of allylic oxidation sites excluding steroid dienone is 2. The first kappa shape index (κ1) is 32.1. The van der Waals surface area contributed by atoms with Crippen molar-refractivity contribution in [1.82, 2.24) is 5.32 Å². The number of nitrogens with one attached hydrogen (secondary N) is 2. The standard InChI is InChI=1S/C36H28N2O10S/c1-20(39)35-27-11-7-2-3-8-12-28(41)36(35,48-35)25-18-26(40)29-30(31(25)38-27)32(42)23-14-13-21(17-24(23)33(29)43)19-37-34(44)47-15-16-49(45,46)22-9-5-4-6-10-22/h2-6,9-10,13-14,17-18,20,27-28,38-41H,15-16,19H2,1H3,(H,37,44)/b3-2-/t20-,27+,28-,35+,36+/m1/s1. The van der Waals surface area contributed by atoms with Crippen molar-refractivity contribution in [3.63, 3.8) is 0 Å². The molecule has 7 rings (SSSR count). The van der Waals surface area contributed by atoms with Crippen LogP contribution in [0.2, 0.25) is 0 Å². The molecule has 0 spiro atoms. The molecular formula is C36H28N2O10S. The van der Waals surface area contributed by atoms with Crippen LogP contribution in [0.4, 0.5) is 10.5 Å². The third-order valence-corrected chi connectivity index (χ3v) is 10.8. The van der Waals surface area contributed by atoms with Crippen LogP contribution in [0.1, 0.15) is 49.9 Å². The number of hydrogen-bond donors (Lipinski definition) is 5. The fourth-order valence-electron chi connectivity index (χ4n) is 6.81. The van der Waals surface area contributed by atoms with E-state index in [1.165, 1.54) is 55.5 Å². The quantitative estimate of drug-likeness (QED) is 0.109. The van der Waals surface area contributed by atoms with E-state index >= 15 is 0 Å². The van der Waals surface area contributed by atoms with Crippen molar-refractivity contribution in [2.75, 3.05) is 17.7 Å². The summed E-state index contributed by atoms with van der Waals surface area (Å²) in [5, 5.41) is 39.1. The van der Waals surface area contributed by atoms with E-state index in [0.717, 1.165) is 0 Å². The first-order chi connectivity index (χ1) is 23.4. The van der Waals surface area contributed by atoms with Gasteiger partial charge in [-0.25, -0.2) is 13.2 Å². The Hall–Kier alpha value is -5.44. The van der Waals surface area contributed by atoms with E-state index in [1.807, 2.05) is 0 Å². The summed E-state index contributed by atoms with van der Waals surface area (Å²) in [4.78, 5) is 40.4. The molecule has 248 valence electrons. The molecule has 2 aliphatic heterocycles. The number of anilines is 1. The summed E-state index contributed by atoms with van der Waals surface area (Å²) in [7, 11) is -3.65. The molecule has 0 aromatic heterocycles. The van der Waals surface area contributed by atoms with Gasteiger partial charge in [0.15, 0.2) is 38.7 Å². The Morgan fingerprint density at radius 3 is 2.49 bits per heavy atom. The summed E-state index contributed by atoms with van der Waals surface area (Å²) >= 11 is 0. The molecule has 4 aliphatic rings. The third kappa shape index (κ3) is 4.90. The van der Waals surface area contributed by atoms with Crippen molar-refractivity contribution < 1.29 is 47.6 Å². The predicted molar refractivity (Wildman–Crippen MR) is 173 cm³/mol. The number of hydrogen-bond acceptors (Lipinski definition) is 11. The van der Waals surface area contributed by atoms with Gasteiger partial charge in [-0.15, -0.1) is 0 Å². The Kier molecular flexibility index (Phi) is 7.61. The van der Waals surface area contributed by atoms with Gasteiger partial charge in [0, 0.05) is 23.2 Å². The van der Waals surface area contributed by atoms with E-state index < -0.39 is 68.5 Å². The van der Waals surface area contributed by atoms with Crippen molar-refractivity contribution in [1.29, 1.82) is 0 Å². The highest BCUT2D eigenvalue weighted by Crippen LogP contribution is 2.67. The smallest absolute Gasteiger partial charge is 0.407 e. The van der Waals surface area contributed by atoms with E-state index in [9.17, 15) is 38.1 Å². The zero-order valence-corrected chi connectivity index (χ0v) is 26.6. The summed E-state index contributed by atoms with van der Waals surface area (Å²) in [6.45, 7) is 0.987. The second-order valence-electron chi connectivity index (χ2n) is 11.9. The number of amides is 1. The average molecular weight is 681 g/mol. The number of fused-ring (bicyclic) bond motifs is 4. The van der Waals surface area contributed by atoms with Gasteiger partial charge in [-0.2, -0.15) is 0 Å². The van der Waals surface area contributed by atoms with Gasteiger partial charge in [0.25, 0.3) is 0 Å². The summed E-state index contributed by atoms with van der Waals surface area (Å²) in [6.07, 6.45) is -0.619. The van der Waals surface area contributed by atoms with Crippen molar-refractivity contribution in [3.05, 3.63) is 100 Å². The molecule has 0 unspecified atom stereocenters. The molecule has 5 N–H and O–H groups in total. The number of phenolic OH excluding ortho intramolecular Hbond substituents is 1. The lowest BCUT2D eigenvalue weighted by Gasteiger charge is -2.37. The van der Waals surface area contributed by atoms with E-state index in [-0.39, 0.29) is 51.6 Å². The molecule has 0 radical (unpaired) electrons. The van der Waals surface area contributed by atoms with Crippen LogP contribution >= 0.6 is 0 Å². The molecule has 2 heterocycles. The molecule has 12 nitrogen and oxygen atoms in total. The summed E-state index contributed by atoms with van der Waals surface area (Å²) in [6, 6.07) is 12.4. The first-order valence-electron chi connectivity index (χ1n) is 15.2. The van der Waals surface area contributed by atoms with Crippen LogP contribution in [0, 0.1) is 23.7 Å². The van der Waals surface area contributed by atoms with Crippen LogP contribution in [-0.4, -0.2) is 77.6 Å². The number of aliphatic hydroxyl groups is 2. The number of aliphatic hydroxyl groups excluding tert-OH is 2. The fraction of sp³-hybridized carbons (Fsp3) is 0.250. The van der Waals surface area contributed by atoms with Crippen LogP contribution in [0.5, 0.6) is 5.75 Å². The topological polar surface area (TPSA) is 192 Å². The van der Waals surface area contributed by atoms with Crippen LogP contribution in [0.3, 0.4) is 0 Å². The van der Waals surface area contributed by atoms with Crippen molar-refractivity contribution in [2.45, 2.75) is 47.8 Å². The van der Waals surface area contributed by atoms with Crippen LogP contribution in [0.25, 0.3) is 0 Å². The molecule has 3 aromatic rings. The molecule has 13 heteroatoms. The van der Waals surface area contributed by atoms with Crippen molar-refractivity contribution in [2.24, 2.45) is 0 Å². The highest BCUT2D eigenvalue weighted by atomic mass is 32.2. The number of epoxide rings is 1. The molecule has 1 fully saturated rings. The van der Waals surface area contributed by atoms with Gasteiger partial charge >= 0.3 is 6.09 Å². The predicted octanol–water partition coefficient (Wildman–Crippen LogP) is 1.94. The van der Waals surface area contributed by atoms with E-state index in [1.54, 1.807) is 18.2 Å². The maximum atomic E-state index is 14.1. The Morgan fingerprint density at radius 1 is 1.04 bits per heavy atom. The third-order valence-electron chi connectivity index (χ3n) is 9.15. The van der Waals surface area contributed by atoms with Gasteiger partial charge in [-0.1, -0.05) is 47.9 Å². The minimum absolute atomic E-state index is 0.0114. The van der Waals surface area contributed by atoms with Gasteiger partial charge < -0.3 is 35.4 Å². The molecular weight excluding hydrogens is 652 g/mol. The lowest BCUT2D eigenvalue weighted by atomic mass is 9.69. The van der Waals surface area contributed by atoms with Gasteiger partial charge in [-0.3, -0.25) is 9.59 Å². The van der Waals surface area contributed by atoms with E-state index in [0.29, 0.717) is 5.56 Å². The molecule has 49 heavy (non-hydrogen) atoms. The Morgan fingerprint density at radius 2 is 1.76 bits per heavy atom. The monoisotopic (exact) mass is 680 g/mol. The molecule has 3 aromatic carbocycles. The lowest BCUT2D eigenvalue weighted by molar-refractivity contribution is 0.0867. The minimum atomic E-state index is -3.65. The van der Waals surface area contributed by atoms with Crippen LogP contribution < -0.4 is 10.6 Å². The van der Waals surface area contributed by atoms with Crippen molar-refractivity contribution >= 4 is 33.2 Å². The molecule has 0 saturated carbocycles. The number of ether oxygens (including phenoxy) is 2. The zero-order valence-electron chi connectivity index (χ0n) is 25.8. The van der Waals surface area contributed by atoms with E-state index in [2.05, 4.69) is 34.3 Å². The molecule has 2 bridgehead atoms. The van der Waals surface area contributed by atoms with Gasteiger partial charge in [0.2, 0.25) is 0 Å². The van der Waals surface area contributed by atoms with Crippen LogP contribution in [0.15, 0.2) is 71.6 Å². The number of ketones is 2. The summed E-state index contributed by atoms with van der Waals surface area (Å²) in [5.74, 6) is 8.97. The number of rotatable bonds is 7. The molecule has 5 atom stereocenters. The first-order valence-corrected chi connectivity index (χ1v) is 16.9. The number of alkyl carbamates (subject to hydrolysis) is 1. The molecule has 1 amide bonds. The van der Waals surface area contributed by atoms with Gasteiger partial charge in [0.05, 0.1) is 33.6 Å². The number of phenols is 1. The second kappa shape index (κ2) is 11.6. The maximum Gasteiger partial charge on any atom is 0.407 e. The second-order valence-corrected chi connectivity index (χ2v) is 14.0. The Balaban J connectivity index is 1.15. The Bertz CT molecular complexity index is 2230. The van der Waals surface area contributed by atoms with Gasteiger partial charge in [0.1, 0.15) is 18.4 Å². The highest BCUT2D eigenvalue weighted by Gasteiger charge is 2.82. The average Bonchev–Trinajstić information content (AvgIpc) is 3.82. The summed E-state index contributed by atoms with van der Waals surface area (Å²) < 4.78 is 36.1. The molecule has 2 aliphatic carbocycles. The fourth-order valence-corrected chi connectivity index (χ4v) is 7.92. The lowest BCUT2D eigenvalue weighted by Crippen LogP contribution is -2.54. The largest absolute Gasteiger partial charge is 0.507 e. The normalized spacial score (nSPS) is 25.2. The highest BCUT2D eigenvalue weighted by molar-refractivity contribution is 7.91. The number of sulfone groups is 1. The number of benzene rings is 3. The number of carbonyl (C=O) groups excluding carboxylic acids is 3. The maximum absolute atomic E-state index is 14.1. The van der Waals surface area contributed by atoms with Crippen molar-refractivity contribution in [3.8, 4) is 29.4 Å². The minimum Gasteiger partial charge on any atom is -0.507 e. The molecule has 1 saturated heterocycles. The Labute approximate surface area is 280 Å². The van der Waals surface area contributed by atoms with Crippen LogP contribution in [-0.2, 0) is 31.5 Å². The number of aromatic hydroxyl groups is 1. The number of carbonyl (C=O) groups is 3. The summed E-state index contributed by atoms with van der Waals surface area (Å²) in [5.41, 5.74) is -2.84. The SMILES string of the molecule is C[C@@H](O)[C@@]12O[C@]13c1cc(O)c4c(c1N[C@H]2C#C/C=C\C#C[C@H]3O)C(=O)c1ccc(CNC(=O)OCCS(=O)(=O)c2ccccc2)cc1C4=O. The van der Waals surface area contributed by atoms with E-state index in [4.69, 9.17) is 9.47 Å². The van der Waals surface area contributed by atoms with Gasteiger partial charge in [-0.05, 0) is 55.0 Å².